The van der Waals surface area contributed by atoms with Gasteiger partial charge in [-0.15, -0.1) is 11.8 Å². The molecule has 0 bridgehead atoms. The Morgan fingerprint density at radius 2 is 2.04 bits per heavy atom. The predicted octanol–water partition coefficient (Wildman–Crippen LogP) is 4.18. The fourth-order valence-corrected chi connectivity index (χ4v) is 3.73. The topological polar surface area (TPSA) is 62.5 Å². The maximum atomic E-state index is 5.29. The first-order valence-corrected chi connectivity index (χ1v) is 10.3. The van der Waals surface area contributed by atoms with Gasteiger partial charge in [0.05, 0.1) is 12.2 Å². The highest BCUT2D eigenvalue weighted by Crippen LogP contribution is 2.23. The molecular formula is C20H30N4OS. The summed E-state index contributed by atoms with van der Waals surface area (Å²) < 4.78 is 5.29. The van der Waals surface area contributed by atoms with E-state index in [0.717, 1.165) is 30.5 Å². The van der Waals surface area contributed by atoms with Crippen molar-refractivity contribution in [2.45, 2.75) is 52.0 Å². The molecule has 1 aromatic carbocycles. The summed E-state index contributed by atoms with van der Waals surface area (Å²) in [5, 5.41) is 10.8. The van der Waals surface area contributed by atoms with Gasteiger partial charge in [-0.1, -0.05) is 24.2 Å². The minimum atomic E-state index is 0.297. The van der Waals surface area contributed by atoms with Crippen molar-refractivity contribution in [3.8, 4) is 0 Å². The summed E-state index contributed by atoms with van der Waals surface area (Å²) >= 11 is 1.77. The molecule has 0 saturated carbocycles. The van der Waals surface area contributed by atoms with E-state index in [0.29, 0.717) is 12.5 Å². The van der Waals surface area contributed by atoms with Crippen LogP contribution in [0.5, 0.6) is 0 Å². The highest BCUT2D eigenvalue weighted by molar-refractivity contribution is 7.98. The van der Waals surface area contributed by atoms with E-state index in [2.05, 4.69) is 61.0 Å². The van der Waals surface area contributed by atoms with E-state index in [4.69, 9.17) is 9.52 Å². The molecule has 1 unspecified atom stereocenters. The molecule has 0 aliphatic heterocycles. The summed E-state index contributed by atoms with van der Waals surface area (Å²) in [6.07, 6.45) is 2.11. The molecule has 0 radical (unpaired) electrons. The van der Waals surface area contributed by atoms with Crippen LogP contribution in [0.3, 0.4) is 0 Å². The van der Waals surface area contributed by atoms with Gasteiger partial charge in [-0.2, -0.15) is 0 Å². The zero-order valence-electron chi connectivity index (χ0n) is 16.6. The van der Waals surface area contributed by atoms with Crippen molar-refractivity contribution in [1.82, 2.24) is 15.8 Å². The molecule has 5 nitrogen and oxygen atoms in total. The van der Waals surface area contributed by atoms with Crippen LogP contribution < -0.4 is 10.6 Å². The van der Waals surface area contributed by atoms with E-state index < -0.39 is 0 Å². The molecule has 0 saturated heterocycles. The number of hydrogen-bond donors (Lipinski definition) is 2. The maximum Gasteiger partial charge on any atom is 0.191 e. The number of nitrogens with zero attached hydrogens (tertiary/aromatic N) is 2. The zero-order valence-corrected chi connectivity index (χ0v) is 17.5. The molecule has 26 heavy (non-hydrogen) atoms. The Bertz CT molecular complexity index is 735. The van der Waals surface area contributed by atoms with Crippen LogP contribution in [0.4, 0.5) is 0 Å². The Balaban J connectivity index is 2.05. The van der Waals surface area contributed by atoms with Gasteiger partial charge in [-0.05, 0) is 51.1 Å². The van der Waals surface area contributed by atoms with Gasteiger partial charge in [0.1, 0.15) is 5.76 Å². The van der Waals surface area contributed by atoms with Gasteiger partial charge in [0.15, 0.2) is 5.96 Å². The van der Waals surface area contributed by atoms with Crippen LogP contribution in [-0.4, -0.2) is 30.5 Å². The molecule has 2 N–H and O–H groups in total. The van der Waals surface area contributed by atoms with E-state index in [-0.39, 0.29) is 0 Å². The second-order valence-corrected chi connectivity index (χ2v) is 7.38. The normalized spacial score (nSPS) is 12.9. The van der Waals surface area contributed by atoms with Crippen LogP contribution in [0.2, 0.25) is 0 Å². The number of aryl methyl sites for hydroxylation is 3. The fraction of sp³-hybridized carbons (Fsp3) is 0.500. The van der Waals surface area contributed by atoms with E-state index >= 15 is 0 Å². The molecule has 2 rings (SSSR count). The third-order valence-corrected chi connectivity index (χ3v) is 5.17. The molecule has 1 aromatic heterocycles. The van der Waals surface area contributed by atoms with Crippen LogP contribution in [0, 0.1) is 20.8 Å². The standard InChI is InChI=1S/C20H30N4OS/c1-7-21-20(22-11-14(3)19-15(4)24-25-16(19)5)23-12-17-9-8-13(2)10-18(17)26-6/h8-10,14H,7,11-12H2,1-6H3,(H2,21,22,23). The van der Waals surface area contributed by atoms with E-state index in [1.54, 1.807) is 11.8 Å². The Morgan fingerprint density at radius 3 is 2.65 bits per heavy atom. The monoisotopic (exact) mass is 374 g/mol. The minimum Gasteiger partial charge on any atom is -0.361 e. The second-order valence-electron chi connectivity index (χ2n) is 6.53. The summed E-state index contributed by atoms with van der Waals surface area (Å²) in [6.45, 7) is 12.6. The number of aliphatic imine (C=N–C) groups is 1. The summed E-state index contributed by atoms with van der Waals surface area (Å²) in [4.78, 5) is 6.05. The van der Waals surface area contributed by atoms with Gasteiger partial charge in [0, 0.05) is 29.5 Å². The van der Waals surface area contributed by atoms with E-state index in [9.17, 15) is 0 Å². The Hall–Kier alpha value is -1.95. The zero-order chi connectivity index (χ0) is 19.1. The first-order valence-electron chi connectivity index (χ1n) is 9.04. The molecule has 1 heterocycles. The molecule has 0 amide bonds. The van der Waals surface area contributed by atoms with Gasteiger partial charge in [-0.25, -0.2) is 4.99 Å². The molecule has 0 fully saturated rings. The molecule has 6 heteroatoms. The Kier molecular flexibility index (Phi) is 7.57. The summed E-state index contributed by atoms with van der Waals surface area (Å²) in [5.41, 5.74) is 4.67. The molecule has 142 valence electrons. The van der Waals surface area contributed by atoms with Crippen molar-refractivity contribution < 1.29 is 4.52 Å². The molecule has 0 aliphatic carbocycles. The maximum absolute atomic E-state index is 5.29. The van der Waals surface area contributed by atoms with Crippen molar-refractivity contribution in [3.05, 3.63) is 46.3 Å². The Morgan fingerprint density at radius 1 is 1.27 bits per heavy atom. The average Bonchev–Trinajstić information content (AvgIpc) is 2.96. The summed E-state index contributed by atoms with van der Waals surface area (Å²) in [5.74, 6) is 2.02. The average molecular weight is 375 g/mol. The largest absolute Gasteiger partial charge is 0.361 e. The molecule has 0 aliphatic rings. The van der Waals surface area contributed by atoms with Crippen LogP contribution >= 0.6 is 11.8 Å². The lowest BCUT2D eigenvalue weighted by molar-refractivity contribution is 0.391. The number of aromatic nitrogens is 1. The quantitative estimate of drug-likeness (QED) is 0.432. The SMILES string of the molecule is CCNC(=NCc1ccc(C)cc1SC)NCC(C)c1c(C)noc1C. The molecule has 0 spiro atoms. The van der Waals surface area contributed by atoms with Crippen LogP contribution in [-0.2, 0) is 6.54 Å². The van der Waals surface area contributed by atoms with Gasteiger partial charge in [0.25, 0.3) is 0 Å². The van der Waals surface area contributed by atoms with Gasteiger partial charge in [-0.3, -0.25) is 0 Å². The molecule has 2 aromatic rings. The second kappa shape index (κ2) is 9.67. The van der Waals surface area contributed by atoms with Crippen molar-refractivity contribution in [2.75, 3.05) is 19.3 Å². The highest BCUT2D eigenvalue weighted by Gasteiger charge is 2.16. The number of nitrogens with one attached hydrogen (secondary N) is 2. The first kappa shape index (κ1) is 20.4. The highest BCUT2D eigenvalue weighted by atomic mass is 32.2. The van der Waals surface area contributed by atoms with Gasteiger partial charge >= 0.3 is 0 Å². The smallest absolute Gasteiger partial charge is 0.191 e. The van der Waals surface area contributed by atoms with E-state index in [1.807, 2.05) is 13.8 Å². The van der Waals surface area contributed by atoms with Crippen LogP contribution in [0.1, 0.15) is 47.9 Å². The number of hydrogen-bond acceptors (Lipinski definition) is 4. The summed E-state index contributed by atoms with van der Waals surface area (Å²) in [6, 6.07) is 6.53. The fourth-order valence-electron chi connectivity index (χ4n) is 3.03. The predicted molar refractivity (Wildman–Crippen MR) is 110 cm³/mol. The third kappa shape index (κ3) is 5.27. The van der Waals surface area contributed by atoms with Crippen LogP contribution in [0.25, 0.3) is 0 Å². The lowest BCUT2D eigenvalue weighted by Gasteiger charge is -2.16. The van der Waals surface area contributed by atoms with Gasteiger partial charge in [0.2, 0.25) is 0 Å². The minimum absolute atomic E-state index is 0.297. The number of benzene rings is 1. The number of guanidine groups is 1. The van der Waals surface area contributed by atoms with E-state index in [1.165, 1.54) is 21.6 Å². The Labute approximate surface area is 161 Å². The first-order chi connectivity index (χ1) is 12.5. The molecule has 1 atom stereocenters. The third-order valence-electron chi connectivity index (χ3n) is 4.35. The number of thioether (sulfide) groups is 1. The summed E-state index contributed by atoms with van der Waals surface area (Å²) in [7, 11) is 0. The lowest BCUT2D eigenvalue weighted by atomic mass is 10.00. The van der Waals surface area contributed by atoms with Crippen molar-refractivity contribution in [1.29, 1.82) is 0 Å². The van der Waals surface area contributed by atoms with Gasteiger partial charge < -0.3 is 15.2 Å². The molecular weight excluding hydrogens is 344 g/mol. The van der Waals surface area contributed by atoms with Crippen molar-refractivity contribution in [2.24, 2.45) is 4.99 Å². The van der Waals surface area contributed by atoms with Crippen molar-refractivity contribution >= 4 is 17.7 Å². The van der Waals surface area contributed by atoms with Crippen LogP contribution in [0.15, 0.2) is 32.6 Å². The number of rotatable bonds is 7. The lowest BCUT2D eigenvalue weighted by Crippen LogP contribution is -2.39. The van der Waals surface area contributed by atoms with Crippen molar-refractivity contribution in [3.63, 3.8) is 0 Å².